The summed E-state index contributed by atoms with van der Waals surface area (Å²) in [4.78, 5) is 39.8. The molecule has 9 nitrogen and oxygen atoms in total. The fraction of sp³-hybridized carbons (Fsp3) is 0.129. The average molecular weight is 565 g/mol. The number of para-hydroxylation sites is 1. The number of halogens is 1. The van der Waals surface area contributed by atoms with Crippen molar-refractivity contribution in [3.63, 3.8) is 0 Å². The second-order valence-electron chi connectivity index (χ2n) is 9.56. The van der Waals surface area contributed by atoms with E-state index in [2.05, 4.69) is 20.3 Å². The molecule has 10 heteroatoms. The van der Waals surface area contributed by atoms with Crippen LogP contribution in [0.5, 0.6) is 5.75 Å². The number of aromatic nitrogens is 5. The Morgan fingerprint density at radius 2 is 1.71 bits per heavy atom. The summed E-state index contributed by atoms with van der Waals surface area (Å²) in [6, 6.07) is 23.9. The predicted molar refractivity (Wildman–Crippen MR) is 160 cm³/mol. The lowest BCUT2D eigenvalue weighted by molar-refractivity contribution is 0.414. The largest absolute Gasteiger partial charge is 0.497 e. The minimum absolute atomic E-state index is 0.237. The van der Waals surface area contributed by atoms with E-state index in [1.54, 1.807) is 22.3 Å². The number of pyridine rings is 1. The molecule has 0 saturated heterocycles. The van der Waals surface area contributed by atoms with Gasteiger partial charge in [-0.25, -0.2) is 9.97 Å². The van der Waals surface area contributed by atoms with Gasteiger partial charge in [0.25, 0.3) is 11.1 Å². The van der Waals surface area contributed by atoms with Crippen LogP contribution >= 0.6 is 11.6 Å². The quantitative estimate of drug-likeness (QED) is 0.278. The zero-order chi connectivity index (χ0) is 28.5. The van der Waals surface area contributed by atoms with Crippen LogP contribution in [-0.4, -0.2) is 31.2 Å². The maximum absolute atomic E-state index is 13.8. The number of nitrogens with one attached hydrogen (secondary N) is 1. The van der Waals surface area contributed by atoms with Crippen LogP contribution in [-0.2, 0) is 6.54 Å². The fourth-order valence-corrected chi connectivity index (χ4v) is 5.23. The molecule has 0 fully saturated rings. The van der Waals surface area contributed by atoms with Gasteiger partial charge in [0.15, 0.2) is 5.65 Å². The van der Waals surface area contributed by atoms with E-state index in [0.717, 1.165) is 16.7 Å². The fourth-order valence-electron chi connectivity index (χ4n) is 4.97. The van der Waals surface area contributed by atoms with Crippen LogP contribution in [0.2, 0.25) is 5.02 Å². The second kappa shape index (κ2) is 10.9. The monoisotopic (exact) mass is 564 g/mol. The molecule has 0 radical (unpaired) electrons. The molecule has 3 aromatic carbocycles. The maximum atomic E-state index is 13.8. The summed E-state index contributed by atoms with van der Waals surface area (Å²) < 4.78 is 8.68. The molecular weight excluding hydrogens is 540 g/mol. The highest BCUT2D eigenvalue weighted by Gasteiger charge is 2.20. The number of hydrogen-bond donors (Lipinski definition) is 1. The van der Waals surface area contributed by atoms with Gasteiger partial charge in [-0.15, -0.1) is 0 Å². The van der Waals surface area contributed by atoms with Crippen LogP contribution in [0.3, 0.4) is 0 Å². The van der Waals surface area contributed by atoms with Gasteiger partial charge in [0.2, 0.25) is 0 Å². The van der Waals surface area contributed by atoms with E-state index in [1.165, 1.54) is 12.7 Å². The molecule has 1 N–H and O–H groups in total. The van der Waals surface area contributed by atoms with Crippen molar-refractivity contribution in [1.29, 1.82) is 0 Å². The molecule has 3 aromatic heterocycles. The van der Waals surface area contributed by atoms with Gasteiger partial charge in [0, 0.05) is 11.4 Å². The Morgan fingerprint density at radius 3 is 2.46 bits per heavy atom. The summed E-state index contributed by atoms with van der Waals surface area (Å²) in [5, 5.41) is 5.15. The second-order valence-corrected chi connectivity index (χ2v) is 9.97. The van der Waals surface area contributed by atoms with E-state index in [0.29, 0.717) is 39.8 Å². The smallest absolute Gasteiger partial charge is 0.285 e. The zero-order valence-corrected chi connectivity index (χ0v) is 23.0. The van der Waals surface area contributed by atoms with Crippen molar-refractivity contribution in [1.82, 2.24) is 24.1 Å². The molecule has 0 aliphatic carbocycles. The number of fused-ring (bicyclic) bond motifs is 2. The minimum Gasteiger partial charge on any atom is -0.497 e. The third-order valence-corrected chi connectivity index (χ3v) is 7.29. The summed E-state index contributed by atoms with van der Waals surface area (Å²) in [5.41, 5.74) is 2.10. The molecule has 1 atom stereocenters. The first kappa shape index (κ1) is 26.2. The van der Waals surface area contributed by atoms with Gasteiger partial charge in [-0.05, 0) is 54.3 Å². The lowest BCUT2D eigenvalue weighted by Gasteiger charge is -2.22. The molecule has 41 heavy (non-hydrogen) atoms. The average Bonchev–Trinajstić information content (AvgIpc) is 2.99. The molecule has 6 rings (SSSR count). The molecule has 0 aliphatic heterocycles. The number of ether oxygens (including phenoxy) is 1. The summed E-state index contributed by atoms with van der Waals surface area (Å²) in [6.45, 7) is 2.35. The third-order valence-electron chi connectivity index (χ3n) is 6.98. The molecule has 0 unspecified atom stereocenters. The molecule has 0 amide bonds. The predicted octanol–water partition coefficient (Wildman–Crippen LogP) is 5.37. The van der Waals surface area contributed by atoms with Gasteiger partial charge in [-0.1, -0.05) is 54.1 Å². The van der Waals surface area contributed by atoms with Gasteiger partial charge < -0.3 is 14.6 Å². The Hall–Kier alpha value is -5.02. The van der Waals surface area contributed by atoms with Gasteiger partial charge in [-0.2, -0.15) is 4.98 Å². The first-order valence-electron chi connectivity index (χ1n) is 12.9. The molecule has 0 spiro atoms. The van der Waals surface area contributed by atoms with Crippen LogP contribution in [0.15, 0.2) is 101 Å². The molecule has 204 valence electrons. The van der Waals surface area contributed by atoms with E-state index >= 15 is 0 Å². The van der Waals surface area contributed by atoms with Crippen molar-refractivity contribution in [3.8, 4) is 11.4 Å². The third kappa shape index (κ3) is 4.92. The number of benzene rings is 3. The Balaban J connectivity index is 1.45. The van der Waals surface area contributed by atoms with Gasteiger partial charge in [0.1, 0.15) is 29.6 Å². The summed E-state index contributed by atoms with van der Waals surface area (Å²) in [7, 11) is 1.62. The SMILES string of the molecule is COc1ccc(Cn2cnc(=O)c3c(N[C@@H](C)c4cc5cccc(Cl)c5c(=O)n4-c4ccccc4)ncnc32)cc1. The van der Waals surface area contributed by atoms with E-state index < -0.39 is 11.6 Å². The van der Waals surface area contributed by atoms with Crippen molar-refractivity contribution in [3.05, 3.63) is 129 Å². The Kier molecular flexibility index (Phi) is 6.94. The Morgan fingerprint density at radius 1 is 0.927 bits per heavy atom. The maximum Gasteiger partial charge on any atom is 0.285 e. The lowest BCUT2D eigenvalue weighted by atomic mass is 10.1. The topological polar surface area (TPSA) is 104 Å². The summed E-state index contributed by atoms with van der Waals surface area (Å²) in [6.07, 6.45) is 2.89. The van der Waals surface area contributed by atoms with Gasteiger partial charge >= 0.3 is 0 Å². The first-order chi connectivity index (χ1) is 19.9. The zero-order valence-electron chi connectivity index (χ0n) is 22.3. The van der Waals surface area contributed by atoms with E-state index in [-0.39, 0.29) is 10.9 Å². The lowest BCUT2D eigenvalue weighted by Crippen LogP contribution is -2.26. The Labute approximate surface area is 239 Å². The highest BCUT2D eigenvalue weighted by Crippen LogP contribution is 2.28. The summed E-state index contributed by atoms with van der Waals surface area (Å²) in [5.74, 6) is 1.08. The van der Waals surface area contributed by atoms with Crippen LogP contribution in [0.25, 0.3) is 27.5 Å². The van der Waals surface area contributed by atoms with Crippen molar-refractivity contribution in [2.75, 3.05) is 12.4 Å². The highest BCUT2D eigenvalue weighted by atomic mass is 35.5. The normalized spacial score (nSPS) is 12.0. The number of rotatable bonds is 7. The van der Waals surface area contributed by atoms with E-state index in [4.69, 9.17) is 16.3 Å². The minimum atomic E-state index is -0.452. The number of methoxy groups -OCH3 is 1. The molecule has 3 heterocycles. The van der Waals surface area contributed by atoms with Gasteiger partial charge in [0.05, 0.1) is 30.1 Å². The van der Waals surface area contributed by atoms with Crippen LogP contribution in [0, 0.1) is 0 Å². The highest BCUT2D eigenvalue weighted by molar-refractivity contribution is 6.35. The van der Waals surface area contributed by atoms with Crippen LogP contribution in [0.1, 0.15) is 24.2 Å². The molecule has 0 aliphatic rings. The number of hydrogen-bond acceptors (Lipinski definition) is 7. The first-order valence-corrected chi connectivity index (χ1v) is 13.3. The van der Waals surface area contributed by atoms with Crippen LogP contribution < -0.4 is 21.2 Å². The van der Waals surface area contributed by atoms with Gasteiger partial charge in [-0.3, -0.25) is 14.2 Å². The summed E-state index contributed by atoms with van der Waals surface area (Å²) >= 11 is 6.46. The molecule has 0 bridgehead atoms. The van der Waals surface area contributed by atoms with Crippen molar-refractivity contribution in [2.24, 2.45) is 0 Å². The molecule has 0 saturated carbocycles. The number of anilines is 1. The molecular formula is C31H25ClN6O3. The number of nitrogens with zero attached hydrogens (tertiary/aromatic N) is 5. The van der Waals surface area contributed by atoms with Crippen molar-refractivity contribution in [2.45, 2.75) is 19.5 Å². The standard InChI is InChI=1S/C31H25ClN6O3/c1-19(25-15-21-7-6-10-24(32)26(21)31(40)38(25)22-8-4-3-5-9-22)36-28-27-29(34-17-33-28)37(18-35-30(27)39)16-20-11-13-23(41-2)14-12-20/h3-15,17-19H,16H2,1-2H3,(H,33,34,36)/t19-/m0/s1. The van der Waals surface area contributed by atoms with Crippen LogP contribution in [0.4, 0.5) is 5.82 Å². The van der Waals surface area contributed by atoms with E-state index in [9.17, 15) is 9.59 Å². The van der Waals surface area contributed by atoms with Crippen molar-refractivity contribution < 1.29 is 4.74 Å². The van der Waals surface area contributed by atoms with Crippen molar-refractivity contribution >= 4 is 39.2 Å². The Bertz CT molecular complexity index is 2010. The van der Waals surface area contributed by atoms with E-state index in [1.807, 2.05) is 79.7 Å². The molecule has 6 aromatic rings.